The van der Waals surface area contributed by atoms with Gasteiger partial charge in [-0.1, -0.05) is 13.8 Å². The fourth-order valence-electron chi connectivity index (χ4n) is 3.34. The first kappa shape index (κ1) is 22.4. The lowest BCUT2D eigenvalue weighted by molar-refractivity contribution is -0.114. The summed E-state index contributed by atoms with van der Waals surface area (Å²) < 4.78 is 15.8. The summed E-state index contributed by atoms with van der Waals surface area (Å²) in [5, 5.41) is 10.6. The monoisotopic (exact) mass is 425 g/mol. The molecule has 0 bridgehead atoms. The predicted molar refractivity (Wildman–Crippen MR) is 120 cm³/mol. The first-order valence-electron chi connectivity index (χ1n) is 10.2. The van der Waals surface area contributed by atoms with Crippen LogP contribution in [-0.4, -0.2) is 26.6 Å². The van der Waals surface area contributed by atoms with Gasteiger partial charge < -0.3 is 10.6 Å². The summed E-state index contributed by atoms with van der Waals surface area (Å²) in [5.41, 5.74) is 2.65. The van der Waals surface area contributed by atoms with Crippen molar-refractivity contribution >= 4 is 34.2 Å². The first-order chi connectivity index (χ1) is 14.4. The number of amides is 2. The van der Waals surface area contributed by atoms with Crippen LogP contribution in [0.2, 0.25) is 0 Å². The standard InChI is InChI=1S/C23H28FN5O2/c1-12(2)18-11-16(20-13(3)28-29(21(20)27-18)23(5,6)7)22(31)26-15-8-9-17(24)19(10-15)25-14(4)30/h8-12H,1-7H3,(H,25,30)(H,26,31). The molecule has 0 saturated heterocycles. The molecule has 0 aliphatic rings. The maximum Gasteiger partial charge on any atom is 0.256 e. The molecule has 0 radical (unpaired) electrons. The van der Waals surface area contributed by atoms with E-state index in [1.165, 1.54) is 25.1 Å². The van der Waals surface area contributed by atoms with Gasteiger partial charge in [0.25, 0.3) is 5.91 Å². The average molecular weight is 426 g/mol. The Hall–Kier alpha value is -3.29. The largest absolute Gasteiger partial charge is 0.324 e. The van der Waals surface area contributed by atoms with Crippen LogP contribution >= 0.6 is 0 Å². The van der Waals surface area contributed by atoms with Gasteiger partial charge in [-0.25, -0.2) is 14.1 Å². The summed E-state index contributed by atoms with van der Waals surface area (Å²) in [5.74, 6) is -1.23. The molecular weight excluding hydrogens is 397 g/mol. The number of hydrogen-bond donors (Lipinski definition) is 2. The molecule has 0 aliphatic carbocycles. The number of nitrogens with one attached hydrogen (secondary N) is 2. The summed E-state index contributed by atoms with van der Waals surface area (Å²) in [6.07, 6.45) is 0. The number of benzene rings is 1. The van der Waals surface area contributed by atoms with Crippen molar-refractivity contribution in [3.63, 3.8) is 0 Å². The molecule has 7 nitrogen and oxygen atoms in total. The van der Waals surface area contributed by atoms with Gasteiger partial charge in [0.2, 0.25) is 5.91 Å². The van der Waals surface area contributed by atoms with Crippen molar-refractivity contribution in [2.45, 2.75) is 59.9 Å². The van der Waals surface area contributed by atoms with E-state index in [0.29, 0.717) is 28.0 Å². The molecule has 3 aromatic rings. The third-order valence-electron chi connectivity index (χ3n) is 4.84. The number of rotatable bonds is 4. The van der Waals surface area contributed by atoms with Gasteiger partial charge in [-0.3, -0.25) is 9.59 Å². The van der Waals surface area contributed by atoms with Crippen LogP contribution in [0.5, 0.6) is 0 Å². The summed E-state index contributed by atoms with van der Waals surface area (Å²) >= 11 is 0. The topological polar surface area (TPSA) is 88.9 Å². The minimum Gasteiger partial charge on any atom is -0.324 e. The first-order valence-corrected chi connectivity index (χ1v) is 10.2. The Kier molecular flexibility index (Phi) is 5.85. The lowest BCUT2D eigenvalue weighted by Gasteiger charge is -2.20. The summed E-state index contributed by atoms with van der Waals surface area (Å²) in [6, 6.07) is 5.82. The number of carbonyl (C=O) groups is 2. The number of hydrogen-bond acceptors (Lipinski definition) is 4. The Labute approximate surface area is 181 Å². The second kappa shape index (κ2) is 8.09. The van der Waals surface area contributed by atoms with Crippen LogP contribution < -0.4 is 10.6 Å². The van der Waals surface area contributed by atoms with Crippen molar-refractivity contribution in [2.75, 3.05) is 10.6 Å². The molecule has 1 aromatic carbocycles. The zero-order valence-electron chi connectivity index (χ0n) is 18.9. The van der Waals surface area contributed by atoms with Gasteiger partial charge in [-0.05, 0) is 57.9 Å². The van der Waals surface area contributed by atoms with Gasteiger partial charge in [-0.15, -0.1) is 0 Å². The Balaban J connectivity index is 2.11. The molecule has 3 rings (SSSR count). The maximum absolute atomic E-state index is 14.0. The lowest BCUT2D eigenvalue weighted by Crippen LogP contribution is -2.24. The molecule has 0 spiro atoms. The van der Waals surface area contributed by atoms with Crippen LogP contribution in [0.3, 0.4) is 0 Å². The summed E-state index contributed by atoms with van der Waals surface area (Å²) in [6.45, 7) is 13.3. The fraction of sp³-hybridized carbons (Fsp3) is 0.391. The number of nitrogens with zero attached hydrogens (tertiary/aromatic N) is 3. The molecule has 0 saturated carbocycles. The number of halogens is 1. The van der Waals surface area contributed by atoms with Crippen molar-refractivity contribution in [1.82, 2.24) is 14.8 Å². The highest BCUT2D eigenvalue weighted by Crippen LogP contribution is 2.30. The molecular formula is C23H28FN5O2. The minimum atomic E-state index is -0.580. The molecule has 0 unspecified atom stereocenters. The second-order valence-corrected chi connectivity index (χ2v) is 8.95. The van der Waals surface area contributed by atoms with Crippen molar-refractivity contribution in [2.24, 2.45) is 0 Å². The highest BCUT2D eigenvalue weighted by Gasteiger charge is 2.25. The van der Waals surface area contributed by atoms with E-state index in [4.69, 9.17) is 4.98 Å². The van der Waals surface area contributed by atoms with Crippen molar-refractivity contribution < 1.29 is 14.0 Å². The molecule has 0 fully saturated rings. The quantitative estimate of drug-likeness (QED) is 0.618. The van der Waals surface area contributed by atoms with Crippen LogP contribution in [0.4, 0.5) is 15.8 Å². The number of carbonyl (C=O) groups excluding carboxylic acids is 2. The smallest absolute Gasteiger partial charge is 0.256 e. The zero-order valence-corrected chi connectivity index (χ0v) is 18.9. The SMILES string of the molecule is CC(=O)Nc1cc(NC(=O)c2cc(C(C)C)nc3c2c(C)nn3C(C)(C)C)ccc1F. The second-order valence-electron chi connectivity index (χ2n) is 8.95. The van der Waals surface area contributed by atoms with Gasteiger partial charge in [0, 0.05) is 18.3 Å². The Bertz CT molecular complexity index is 1170. The van der Waals surface area contributed by atoms with Crippen LogP contribution in [0, 0.1) is 12.7 Å². The van der Waals surface area contributed by atoms with Gasteiger partial charge in [0.15, 0.2) is 5.65 Å². The van der Waals surface area contributed by atoms with Gasteiger partial charge in [0.1, 0.15) is 5.82 Å². The van der Waals surface area contributed by atoms with Crippen molar-refractivity contribution in [3.8, 4) is 0 Å². The van der Waals surface area contributed by atoms with E-state index in [0.717, 1.165) is 5.69 Å². The normalized spacial score (nSPS) is 11.8. The fourth-order valence-corrected chi connectivity index (χ4v) is 3.34. The highest BCUT2D eigenvalue weighted by atomic mass is 19.1. The number of aryl methyl sites for hydroxylation is 1. The van der Waals surface area contributed by atoms with Gasteiger partial charge in [-0.2, -0.15) is 5.10 Å². The van der Waals surface area contributed by atoms with Crippen molar-refractivity contribution in [3.05, 3.63) is 47.0 Å². The zero-order chi connectivity index (χ0) is 23.1. The molecule has 31 heavy (non-hydrogen) atoms. The molecule has 2 aromatic heterocycles. The van der Waals surface area contributed by atoms with E-state index < -0.39 is 11.7 Å². The summed E-state index contributed by atoms with van der Waals surface area (Å²) in [7, 11) is 0. The van der Waals surface area contributed by atoms with E-state index in [1.807, 2.05) is 46.2 Å². The molecule has 2 N–H and O–H groups in total. The highest BCUT2D eigenvalue weighted by molar-refractivity contribution is 6.13. The maximum atomic E-state index is 14.0. The Morgan fingerprint density at radius 1 is 1.13 bits per heavy atom. The third kappa shape index (κ3) is 4.57. The third-order valence-corrected chi connectivity index (χ3v) is 4.84. The minimum absolute atomic E-state index is 0.00442. The van der Waals surface area contributed by atoms with E-state index in [9.17, 15) is 14.0 Å². The van der Waals surface area contributed by atoms with Crippen LogP contribution in [0.1, 0.15) is 69.2 Å². The van der Waals surface area contributed by atoms with Gasteiger partial charge >= 0.3 is 0 Å². The van der Waals surface area contributed by atoms with E-state index in [1.54, 1.807) is 6.07 Å². The van der Waals surface area contributed by atoms with E-state index in [2.05, 4.69) is 15.7 Å². The number of anilines is 2. The molecule has 2 amide bonds. The molecule has 164 valence electrons. The number of aromatic nitrogens is 3. The molecule has 0 aliphatic heterocycles. The van der Waals surface area contributed by atoms with Gasteiger partial charge in [0.05, 0.1) is 27.9 Å². The van der Waals surface area contributed by atoms with Crippen LogP contribution in [0.15, 0.2) is 24.3 Å². The Morgan fingerprint density at radius 2 is 1.81 bits per heavy atom. The molecule has 8 heteroatoms. The average Bonchev–Trinajstić information content (AvgIpc) is 3.00. The van der Waals surface area contributed by atoms with Crippen LogP contribution in [-0.2, 0) is 10.3 Å². The van der Waals surface area contributed by atoms with E-state index in [-0.39, 0.29) is 23.1 Å². The number of pyridine rings is 1. The Morgan fingerprint density at radius 3 is 2.39 bits per heavy atom. The van der Waals surface area contributed by atoms with Crippen LogP contribution in [0.25, 0.3) is 11.0 Å². The molecule has 0 atom stereocenters. The lowest BCUT2D eigenvalue weighted by atomic mass is 10.0. The van der Waals surface area contributed by atoms with E-state index >= 15 is 0 Å². The molecule has 2 heterocycles. The number of fused-ring (bicyclic) bond motifs is 1. The van der Waals surface area contributed by atoms with Crippen molar-refractivity contribution in [1.29, 1.82) is 0 Å². The predicted octanol–water partition coefficient (Wildman–Crippen LogP) is 4.97. The summed E-state index contributed by atoms with van der Waals surface area (Å²) in [4.78, 5) is 29.4.